The number of nitrogens with zero attached hydrogens (tertiary/aromatic N) is 2. The molecule has 1 unspecified atom stereocenters. The largest absolute Gasteiger partial charge is 0.328 e. The first-order valence-electron chi connectivity index (χ1n) is 7.72. The van der Waals surface area contributed by atoms with E-state index in [1.165, 1.54) is 17.7 Å². The van der Waals surface area contributed by atoms with Crippen LogP contribution in [0, 0.1) is 5.82 Å². The van der Waals surface area contributed by atoms with Gasteiger partial charge in [-0.15, -0.1) is 0 Å². The van der Waals surface area contributed by atoms with Gasteiger partial charge in [0.2, 0.25) is 0 Å². The zero-order valence-corrected chi connectivity index (χ0v) is 12.7. The van der Waals surface area contributed by atoms with Crippen LogP contribution < -0.4 is 5.32 Å². The quantitative estimate of drug-likeness (QED) is 0.803. The topological polar surface area (TPSA) is 46.9 Å². The van der Waals surface area contributed by atoms with Gasteiger partial charge in [0.25, 0.3) is 0 Å². The smallest absolute Gasteiger partial charge is 0.327 e. The van der Waals surface area contributed by atoms with Gasteiger partial charge in [-0.2, -0.15) is 0 Å². The molecule has 1 amide bonds. The molecule has 4 nitrogen and oxygen atoms in total. The predicted octanol–water partition coefficient (Wildman–Crippen LogP) is 3.59. The molecular formula is C18H16FN3O. The number of benzene rings is 2. The Kier molecular flexibility index (Phi) is 3.15. The first-order valence-corrected chi connectivity index (χ1v) is 7.72. The van der Waals surface area contributed by atoms with Crippen LogP contribution in [0.4, 0.5) is 9.18 Å². The molecule has 2 heterocycles. The number of imidazole rings is 1. The third-order valence-corrected chi connectivity index (χ3v) is 4.33. The van der Waals surface area contributed by atoms with E-state index in [1.54, 1.807) is 10.6 Å². The Balaban J connectivity index is 1.70. The second kappa shape index (κ2) is 5.19. The van der Waals surface area contributed by atoms with Crippen molar-refractivity contribution in [2.24, 2.45) is 0 Å². The Morgan fingerprint density at radius 2 is 1.91 bits per heavy atom. The van der Waals surface area contributed by atoms with Crippen molar-refractivity contribution in [3.8, 4) is 0 Å². The number of aromatic nitrogens is 2. The number of fused-ring (bicyclic) bond motifs is 3. The molecule has 0 aliphatic carbocycles. The normalized spacial score (nSPS) is 16.6. The molecule has 5 heteroatoms. The number of aryl methyl sites for hydroxylation is 1. The van der Waals surface area contributed by atoms with Gasteiger partial charge in [-0.1, -0.05) is 31.2 Å². The monoisotopic (exact) mass is 309 g/mol. The van der Waals surface area contributed by atoms with Crippen LogP contribution in [0.25, 0.3) is 11.0 Å². The maximum absolute atomic E-state index is 13.4. The van der Waals surface area contributed by atoms with Crippen molar-refractivity contribution in [3.63, 3.8) is 0 Å². The molecule has 1 aliphatic heterocycles. The summed E-state index contributed by atoms with van der Waals surface area (Å²) in [5.41, 5.74) is 3.58. The third kappa shape index (κ3) is 2.29. The van der Waals surface area contributed by atoms with E-state index in [2.05, 4.69) is 41.5 Å². The summed E-state index contributed by atoms with van der Waals surface area (Å²) in [5, 5.41) is 2.95. The van der Waals surface area contributed by atoms with Crippen molar-refractivity contribution in [2.75, 3.05) is 0 Å². The fraction of sp³-hybridized carbons (Fsp3) is 0.222. The van der Waals surface area contributed by atoms with Crippen LogP contribution in [0.15, 0.2) is 42.5 Å². The highest BCUT2D eigenvalue weighted by atomic mass is 19.1. The Labute approximate surface area is 133 Å². The van der Waals surface area contributed by atoms with Crippen molar-refractivity contribution in [3.05, 3.63) is 65.2 Å². The van der Waals surface area contributed by atoms with Gasteiger partial charge in [-0.25, -0.2) is 18.7 Å². The second-order valence-electron chi connectivity index (χ2n) is 5.81. The van der Waals surface area contributed by atoms with Crippen LogP contribution in [0.1, 0.15) is 29.9 Å². The molecule has 0 saturated carbocycles. The molecule has 3 aromatic rings. The summed E-state index contributed by atoms with van der Waals surface area (Å²) in [6.07, 6.45) is 1.67. The predicted molar refractivity (Wildman–Crippen MR) is 85.9 cm³/mol. The minimum atomic E-state index is -0.346. The molecule has 1 N–H and O–H groups in total. The fourth-order valence-electron chi connectivity index (χ4n) is 3.09. The van der Waals surface area contributed by atoms with Crippen LogP contribution in [-0.2, 0) is 12.8 Å². The lowest BCUT2D eigenvalue weighted by atomic mass is 10.0. The minimum absolute atomic E-state index is 0.189. The Hall–Kier alpha value is -2.69. The van der Waals surface area contributed by atoms with E-state index < -0.39 is 0 Å². The molecule has 1 aromatic heterocycles. The number of rotatable bonds is 3. The van der Waals surface area contributed by atoms with E-state index in [-0.39, 0.29) is 17.9 Å². The van der Waals surface area contributed by atoms with Crippen LogP contribution in [-0.4, -0.2) is 15.6 Å². The molecule has 0 fully saturated rings. The lowest BCUT2D eigenvalue weighted by Crippen LogP contribution is -2.22. The molecule has 116 valence electrons. The van der Waals surface area contributed by atoms with Crippen LogP contribution in [0.2, 0.25) is 0 Å². The van der Waals surface area contributed by atoms with Crippen molar-refractivity contribution >= 4 is 17.1 Å². The first kappa shape index (κ1) is 13.9. The molecular weight excluding hydrogens is 293 g/mol. The number of nitrogens with one attached hydrogen (secondary N) is 1. The average Bonchev–Trinajstić information content (AvgIpc) is 3.06. The van der Waals surface area contributed by atoms with Gasteiger partial charge in [-0.3, -0.25) is 0 Å². The number of halogens is 1. The molecule has 1 aliphatic rings. The summed E-state index contributed by atoms with van der Waals surface area (Å²) < 4.78 is 14.9. The zero-order valence-electron chi connectivity index (χ0n) is 12.7. The Bertz CT molecular complexity index is 899. The highest BCUT2D eigenvalue weighted by Gasteiger charge is 2.32. The molecule has 0 spiro atoms. The van der Waals surface area contributed by atoms with Crippen molar-refractivity contribution < 1.29 is 9.18 Å². The van der Waals surface area contributed by atoms with Gasteiger partial charge in [0.05, 0.1) is 17.1 Å². The number of hydrogen-bond acceptors (Lipinski definition) is 2. The van der Waals surface area contributed by atoms with Gasteiger partial charge in [-0.05, 0) is 36.1 Å². The van der Waals surface area contributed by atoms with Crippen molar-refractivity contribution in [1.82, 2.24) is 14.9 Å². The molecule has 0 saturated heterocycles. The van der Waals surface area contributed by atoms with E-state index in [1.807, 2.05) is 0 Å². The summed E-state index contributed by atoms with van der Waals surface area (Å²) in [7, 11) is 0. The van der Waals surface area contributed by atoms with Gasteiger partial charge < -0.3 is 5.32 Å². The second-order valence-corrected chi connectivity index (χ2v) is 5.81. The van der Waals surface area contributed by atoms with Gasteiger partial charge in [0, 0.05) is 6.07 Å². The summed E-state index contributed by atoms with van der Waals surface area (Å²) in [5.74, 6) is 0.302. The lowest BCUT2D eigenvalue weighted by molar-refractivity contribution is 0.245. The molecule has 2 aromatic carbocycles. The van der Waals surface area contributed by atoms with E-state index >= 15 is 0 Å². The van der Waals surface area contributed by atoms with Crippen molar-refractivity contribution in [1.29, 1.82) is 0 Å². The number of carbonyl (C=O) groups is 1. The molecule has 23 heavy (non-hydrogen) atoms. The lowest BCUT2D eigenvalue weighted by Gasteiger charge is -2.09. The minimum Gasteiger partial charge on any atom is -0.327 e. The highest BCUT2D eigenvalue weighted by molar-refractivity contribution is 5.92. The number of carbonyl (C=O) groups excluding carboxylic acids is 1. The van der Waals surface area contributed by atoms with Crippen LogP contribution in [0.5, 0.6) is 0 Å². The Morgan fingerprint density at radius 1 is 1.17 bits per heavy atom. The molecule has 4 rings (SSSR count). The van der Waals surface area contributed by atoms with Crippen LogP contribution >= 0.6 is 0 Å². The first-order chi connectivity index (χ1) is 11.2. The van der Waals surface area contributed by atoms with Crippen molar-refractivity contribution in [2.45, 2.75) is 25.8 Å². The van der Waals surface area contributed by atoms with E-state index in [0.717, 1.165) is 12.0 Å². The number of hydrogen-bond donors (Lipinski definition) is 1. The van der Waals surface area contributed by atoms with Gasteiger partial charge >= 0.3 is 6.03 Å². The standard InChI is InChI=1S/C18H16FN3O/c1-2-11-3-5-12(6-4-11)9-15-17-20-14-10-13(19)7-8-16(14)22(17)18(23)21-15/h3-8,10,15H,2,9H2,1H3,(H,21,23). The van der Waals surface area contributed by atoms with Crippen LogP contribution in [0.3, 0.4) is 0 Å². The number of amides is 1. The van der Waals surface area contributed by atoms with Gasteiger partial charge in [0.1, 0.15) is 11.6 Å². The van der Waals surface area contributed by atoms with E-state index in [4.69, 9.17) is 0 Å². The third-order valence-electron chi connectivity index (χ3n) is 4.33. The molecule has 1 atom stereocenters. The van der Waals surface area contributed by atoms with E-state index in [9.17, 15) is 9.18 Å². The Morgan fingerprint density at radius 3 is 2.65 bits per heavy atom. The summed E-state index contributed by atoms with van der Waals surface area (Å²) in [6, 6.07) is 12.3. The maximum Gasteiger partial charge on any atom is 0.328 e. The average molecular weight is 309 g/mol. The highest BCUT2D eigenvalue weighted by Crippen LogP contribution is 2.28. The zero-order chi connectivity index (χ0) is 16.0. The summed E-state index contributed by atoms with van der Waals surface area (Å²) in [4.78, 5) is 16.7. The fourth-order valence-corrected chi connectivity index (χ4v) is 3.09. The van der Waals surface area contributed by atoms with E-state index in [0.29, 0.717) is 23.3 Å². The SMILES string of the molecule is CCc1ccc(CC2NC(=O)n3c2nc2cc(F)ccc23)cc1. The van der Waals surface area contributed by atoms with Gasteiger partial charge in [0.15, 0.2) is 0 Å². The summed E-state index contributed by atoms with van der Waals surface area (Å²) in [6.45, 7) is 2.12. The maximum atomic E-state index is 13.4. The molecule has 0 radical (unpaired) electrons. The molecule has 0 bridgehead atoms. The summed E-state index contributed by atoms with van der Waals surface area (Å²) >= 11 is 0.